The second-order valence-electron chi connectivity index (χ2n) is 3.18. The van der Waals surface area contributed by atoms with E-state index < -0.39 is 3.81 Å². The highest BCUT2D eigenvalue weighted by Gasteiger charge is 2.03. The second-order valence-corrected chi connectivity index (χ2v) is 7.14. The summed E-state index contributed by atoms with van der Waals surface area (Å²) in [5, 5.41) is 0. The minimum Gasteiger partial charge on any atom is -0.333 e. The zero-order valence-electron chi connectivity index (χ0n) is 6.54. The Kier molecular flexibility index (Phi) is 6.80. The summed E-state index contributed by atoms with van der Waals surface area (Å²) >= 11 is 19.6. The maximum absolute atomic E-state index is 4.89. The molecule has 0 aromatic carbocycles. The molecule has 0 amide bonds. The monoisotopic (exact) mass is 225 g/mol. The van der Waals surface area contributed by atoms with E-state index in [1.807, 2.05) is 0 Å². The van der Waals surface area contributed by atoms with Gasteiger partial charge in [-0.15, -0.1) is 0 Å². The molecule has 0 aliphatic heterocycles. The average molecular weight is 227 g/mol. The van der Waals surface area contributed by atoms with E-state index in [2.05, 4.69) is 28.2 Å². The number of hydrogen-bond donors (Lipinski definition) is 0. The van der Waals surface area contributed by atoms with Crippen molar-refractivity contribution in [2.24, 2.45) is 0 Å². The van der Waals surface area contributed by atoms with Crippen molar-refractivity contribution >= 4 is 49.6 Å². The maximum atomic E-state index is 4.89. The lowest BCUT2D eigenvalue weighted by atomic mass is 10.7. The highest BCUT2D eigenvalue weighted by atomic mass is 35.6. The molecule has 64 valence electrons. The third-order valence-electron chi connectivity index (χ3n) is 0. The Labute approximate surface area is 82.3 Å². The van der Waals surface area contributed by atoms with Crippen LogP contribution in [0.4, 0.5) is 0 Å². The van der Waals surface area contributed by atoms with Gasteiger partial charge in [0, 0.05) is 0 Å². The first-order valence-corrected chi connectivity index (χ1v) is 4.41. The van der Waals surface area contributed by atoms with Gasteiger partial charge in [0.1, 0.15) is 0 Å². The van der Waals surface area contributed by atoms with Crippen LogP contribution in [-0.4, -0.2) is 36.5 Å². The van der Waals surface area contributed by atoms with E-state index in [9.17, 15) is 0 Å². The van der Waals surface area contributed by atoms with Gasteiger partial charge in [0.2, 0.25) is 0 Å². The van der Waals surface area contributed by atoms with Crippen LogP contribution in [0.15, 0.2) is 0 Å². The summed E-state index contributed by atoms with van der Waals surface area (Å²) in [5.74, 6) is 0. The Balaban J connectivity index is 0. The zero-order chi connectivity index (χ0) is 9.00. The molecule has 0 bridgehead atoms. The SMILES string of the molecule is C[N+](C)(C)C.Cl[B-](Cl)(Cl)Cl. The lowest BCUT2D eigenvalue weighted by Crippen LogP contribution is -2.27. The number of quaternary nitrogens is 1. The molecule has 0 aliphatic carbocycles. The molecule has 0 saturated carbocycles. The molecular weight excluding hydrogens is 215 g/mol. The Bertz CT molecular complexity index is 60.2. The highest BCUT2D eigenvalue weighted by molar-refractivity contribution is 7.81. The molecule has 0 atom stereocenters. The van der Waals surface area contributed by atoms with E-state index in [1.165, 1.54) is 0 Å². The predicted molar refractivity (Wildman–Crippen MR) is 53.1 cm³/mol. The van der Waals surface area contributed by atoms with Crippen molar-refractivity contribution in [1.82, 2.24) is 0 Å². The summed E-state index contributed by atoms with van der Waals surface area (Å²) in [7, 11) is 8.50. The fourth-order valence-electron chi connectivity index (χ4n) is 0. The third-order valence-corrected chi connectivity index (χ3v) is 0. The van der Waals surface area contributed by atoms with Crippen LogP contribution in [0.25, 0.3) is 0 Å². The minimum absolute atomic E-state index is 1.00. The molecular formula is C4H12BCl4N. The Morgan fingerprint density at radius 1 is 0.800 bits per heavy atom. The van der Waals surface area contributed by atoms with E-state index in [-0.39, 0.29) is 0 Å². The van der Waals surface area contributed by atoms with E-state index in [1.54, 1.807) is 0 Å². The van der Waals surface area contributed by atoms with Crippen LogP contribution >= 0.6 is 45.8 Å². The van der Waals surface area contributed by atoms with Gasteiger partial charge in [-0.2, -0.15) is 0 Å². The molecule has 10 heavy (non-hydrogen) atoms. The summed E-state index contributed by atoms with van der Waals surface area (Å²) in [6.07, 6.45) is 0. The smallest absolute Gasteiger partial charge is 0.328 e. The van der Waals surface area contributed by atoms with Crippen molar-refractivity contribution in [1.29, 1.82) is 0 Å². The van der Waals surface area contributed by atoms with Crippen LogP contribution < -0.4 is 0 Å². The lowest BCUT2D eigenvalue weighted by Gasteiger charge is -2.14. The molecule has 0 fully saturated rings. The predicted octanol–water partition coefficient (Wildman–Crippen LogP) is 2.70. The fraction of sp³-hybridized carbons (Fsp3) is 1.00. The van der Waals surface area contributed by atoms with Crippen molar-refractivity contribution in [2.75, 3.05) is 28.2 Å². The number of halogens is 4. The molecule has 0 saturated heterocycles. The normalized spacial score (nSPS) is 12.0. The van der Waals surface area contributed by atoms with Gasteiger partial charge in [0.15, 0.2) is 0 Å². The van der Waals surface area contributed by atoms with E-state index in [0.717, 1.165) is 4.48 Å². The molecule has 1 nitrogen and oxygen atoms in total. The van der Waals surface area contributed by atoms with Gasteiger partial charge >= 0.3 is 3.81 Å². The number of nitrogens with zero attached hydrogens (tertiary/aromatic N) is 1. The maximum Gasteiger partial charge on any atom is 0.328 e. The molecule has 0 aliphatic rings. The molecule has 0 rings (SSSR count). The fourth-order valence-corrected chi connectivity index (χ4v) is 0. The van der Waals surface area contributed by atoms with Crippen LogP contribution in [0.2, 0.25) is 0 Å². The van der Waals surface area contributed by atoms with Crippen LogP contribution in [-0.2, 0) is 0 Å². The lowest BCUT2D eigenvalue weighted by molar-refractivity contribution is -0.849. The number of hydrogen-bond acceptors (Lipinski definition) is 0. The number of rotatable bonds is 0. The molecule has 0 unspecified atom stereocenters. The van der Waals surface area contributed by atoms with E-state index >= 15 is 0 Å². The van der Waals surface area contributed by atoms with Crippen molar-refractivity contribution in [3.63, 3.8) is 0 Å². The Morgan fingerprint density at radius 3 is 0.800 bits per heavy atom. The first-order chi connectivity index (χ1) is 4.00. The van der Waals surface area contributed by atoms with Gasteiger partial charge < -0.3 is 50.3 Å². The molecule has 0 aromatic rings. The molecule has 6 heteroatoms. The largest absolute Gasteiger partial charge is 0.333 e. The van der Waals surface area contributed by atoms with Crippen LogP contribution in [0, 0.1) is 0 Å². The van der Waals surface area contributed by atoms with Crippen LogP contribution in [0.5, 0.6) is 0 Å². The molecule has 0 spiro atoms. The summed E-state index contributed by atoms with van der Waals surface area (Å²) in [6.45, 7) is 0. The summed E-state index contributed by atoms with van der Waals surface area (Å²) in [6, 6.07) is 0. The zero-order valence-corrected chi connectivity index (χ0v) is 9.56. The van der Waals surface area contributed by atoms with Crippen molar-refractivity contribution in [2.45, 2.75) is 0 Å². The van der Waals surface area contributed by atoms with Gasteiger partial charge in [-0.25, -0.2) is 0 Å². The quantitative estimate of drug-likeness (QED) is 0.440. The Morgan fingerprint density at radius 2 is 0.800 bits per heavy atom. The van der Waals surface area contributed by atoms with Crippen molar-refractivity contribution < 1.29 is 4.48 Å². The summed E-state index contributed by atoms with van der Waals surface area (Å²) in [4.78, 5) is 0. The van der Waals surface area contributed by atoms with Gasteiger partial charge in [-0.3, -0.25) is 0 Å². The first kappa shape index (κ1) is 13.8. The summed E-state index contributed by atoms with van der Waals surface area (Å²) in [5.41, 5.74) is 0. The topological polar surface area (TPSA) is 0 Å². The molecule has 0 N–H and O–H groups in total. The molecule has 0 radical (unpaired) electrons. The molecule has 0 aromatic heterocycles. The first-order valence-electron chi connectivity index (χ1n) is 2.66. The van der Waals surface area contributed by atoms with Gasteiger partial charge in [-0.05, 0) is 0 Å². The second kappa shape index (κ2) is 4.94. The van der Waals surface area contributed by atoms with Crippen molar-refractivity contribution in [3.8, 4) is 0 Å². The minimum atomic E-state index is -2.11. The van der Waals surface area contributed by atoms with Gasteiger partial charge in [-0.1, -0.05) is 0 Å². The van der Waals surface area contributed by atoms with Crippen molar-refractivity contribution in [3.05, 3.63) is 0 Å². The average Bonchev–Trinajstić information content (AvgIpc) is 1.12. The highest BCUT2D eigenvalue weighted by Crippen LogP contribution is 2.23. The molecule has 0 heterocycles. The van der Waals surface area contributed by atoms with Gasteiger partial charge in [0.05, 0.1) is 28.2 Å². The standard InChI is InChI=1S/C4H12N.BCl4/c1-5(2,3)4;2-1(3,4)5/h1-4H3;/q+1;-1. The van der Waals surface area contributed by atoms with Crippen LogP contribution in [0.3, 0.4) is 0 Å². The Hall–Kier alpha value is 1.18. The third kappa shape index (κ3) is 438. The summed E-state index contributed by atoms with van der Waals surface area (Å²) < 4.78 is -1.11. The van der Waals surface area contributed by atoms with E-state index in [0.29, 0.717) is 0 Å². The van der Waals surface area contributed by atoms with Crippen LogP contribution in [0.1, 0.15) is 0 Å². The van der Waals surface area contributed by atoms with Gasteiger partial charge in [0.25, 0.3) is 0 Å². The van der Waals surface area contributed by atoms with E-state index in [4.69, 9.17) is 45.8 Å².